The molecule has 0 fully saturated rings. The quantitative estimate of drug-likeness (QED) is 0.286. The predicted molar refractivity (Wildman–Crippen MR) is 140 cm³/mol. The summed E-state index contributed by atoms with van der Waals surface area (Å²) in [4.78, 5) is 22.7. The second-order valence-electron chi connectivity index (χ2n) is 8.49. The summed E-state index contributed by atoms with van der Waals surface area (Å²) in [6, 6.07) is 11.8. The maximum absolute atomic E-state index is 13.6. The van der Waals surface area contributed by atoms with Gasteiger partial charge in [0.05, 0.1) is 16.8 Å². The molecule has 1 aromatic heterocycles. The fraction of sp³-hybridized carbons (Fsp3) is 0.481. The van der Waals surface area contributed by atoms with Crippen LogP contribution in [0.1, 0.15) is 61.5 Å². The maximum Gasteiger partial charge on any atom is 0.260 e. The van der Waals surface area contributed by atoms with Crippen LogP contribution in [0.4, 0.5) is 5.13 Å². The number of anilines is 1. The second-order valence-corrected chi connectivity index (χ2v) is 9.50. The zero-order valence-corrected chi connectivity index (χ0v) is 21.5. The number of unbranched alkanes of at least 4 members (excludes halogenated alkanes) is 2. The van der Waals surface area contributed by atoms with E-state index in [0.717, 1.165) is 52.7 Å². The van der Waals surface area contributed by atoms with Crippen molar-refractivity contribution in [1.29, 1.82) is 0 Å². The molecule has 0 atom stereocenters. The molecule has 1 heterocycles. The first kappa shape index (κ1) is 25.2. The van der Waals surface area contributed by atoms with E-state index in [9.17, 15) is 4.79 Å². The molecule has 0 unspecified atom stereocenters. The van der Waals surface area contributed by atoms with E-state index in [1.807, 2.05) is 29.2 Å². The molecular weight excluding hydrogens is 430 g/mol. The Labute approximate surface area is 202 Å². The third-order valence-electron chi connectivity index (χ3n) is 5.95. The molecule has 0 N–H and O–H groups in total. The number of likely N-dealkylation sites (N-methyl/N-ethyl adjacent to an activating group) is 1. The minimum absolute atomic E-state index is 0.0203. The molecular formula is C27H37N3O2S. The molecule has 0 aliphatic carbocycles. The van der Waals surface area contributed by atoms with Crippen LogP contribution in [0.3, 0.4) is 0 Å². The molecule has 0 aliphatic rings. The number of carbonyl (C=O) groups is 1. The van der Waals surface area contributed by atoms with Gasteiger partial charge >= 0.3 is 0 Å². The number of thiazole rings is 1. The van der Waals surface area contributed by atoms with Crippen LogP contribution in [-0.2, 0) is 0 Å². The lowest BCUT2D eigenvalue weighted by atomic mass is 10.1. The summed E-state index contributed by atoms with van der Waals surface area (Å²) in [5.41, 5.74) is 4.00. The molecule has 0 bridgehead atoms. The molecule has 0 spiro atoms. The summed E-state index contributed by atoms with van der Waals surface area (Å²) in [6.45, 7) is 14.7. The number of rotatable bonds is 12. The molecule has 33 heavy (non-hydrogen) atoms. The van der Waals surface area contributed by atoms with E-state index in [0.29, 0.717) is 18.7 Å². The van der Waals surface area contributed by atoms with Gasteiger partial charge in [-0.25, -0.2) is 4.98 Å². The van der Waals surface area contributed by atoms with Crippen LogP contribution in [0.2, 0.25) is 0 Å². The highest BCUT2D eigenvalue weighted by Crippen LogP contribution is 2.32. The number of aromatic nitrogens is 1. The lowest BCUT2D eigenvalue weighted by Gasteiger charge is -2.24. The lowest BCUT2D eigenvalue weighted by molar-refractivity contribution is 0.0983. The van der Waals surface area contributed by atoms with E-state index in [-0.39, 0.29) is 5.91 Å². The molecule has 0 radical (unpaired) electrons. The lowest BCUT2D eigenvalue weighted by Crippen LogP contribution is -2.38. The van der Waals surface area contributed by atoms with Gasteiger partial charge < -0.3 is 9.64 Å². The SMILES string of the molecule is CCCCCOc1ccc(C(=O)N(CCN(CC)CC)c2nc3c(C)cc(C)cc3s2)cc1. The van der Waals surface area contributed by atoms with E-state index in [2.05, 4.69) is 51.7 Å². The minimum atomic E-state index is -0.0203. The van der Waals surface area contributed by atoms with Crippen LogP contribution in [0, 0.1) is 13.8 Å². The van der Waals surface area contributed by atoms with E-state index >= 15 is 0 Å². The van der Waals surface area contributed by atoms with Crippen molar-refractivity contribution in [2.75, 3.05) is 37.7 Å². The number of aryl methyl sites for hydroxylation is 2. The van der Waals surface area contributed by atoms with Gasteiger partial charge in [-0.3, -0.25) is 9.69 Å². The second kappa shape index (κ2) is 12.1. The number of hydrogen-bond acceptors (Lipinski definition) is 5. The first-order valence-electron chi connectivity index (χ1n) is 12.1. The Morgan fingerprint density at radius 2 is 1.73 bits per heavy atom. The summed E-state index contributed by atoms with van der Waals surface area (Å²) in [6.07, 6.45) is 3.39. The van der Waals surface area contributed by atoms with Gasteiger partial charge in [-0.2, -0.15) is 0 Å². The van der Waals surface area contributed by atoms with E-state index in [1.165, 1.54) is 18.4 Å². The molecule has 0 aliphatic heterocycles. The first-order chi connectivity index (χ1) is 16.0. The smallest absolute Gasteiger partial charge is 0.260 e. The van der Waals surface area contributed by atoms with Gasteiger partial charge in [0.15, 0.2) is 5.13 Å². The van der Waals surface area contributed by atoms with Crippen molar-refractivity contribution in [3.05, 3.63) is 53.1 Å². The summed E-state index contributed by atoms with van der Waals surface area (Å²) in [7, 11) is 0. The third-order valence-corrected chi connectivity index (χ3v) is 6.97. The number of hydrogen-bond donors (Lipinski definition) is 0. The summed E-state index contributed by atoms with van der Waals surface area (Å²) in [5.74, 6) is 0.788. The summed E-state index contributed by atoms with van der Waals surface area (Å²) >= 11 is 1.59. The predicted octanol–water partition coefficient (Wildman–Crippen LogP) is 6.47. The number of fused-ring (bicyclic) bond motifs is 1. The molecule has 1 amide bonds. The van der Waals surface area contributed by atoms with Crippen molar-refractivity contribution in [3.63, 3.8) is 0 Å². The van der Waals surface area contributed by atoms with E-state index in [4.69, 9.17) is 9.72 Å². The van der Waals surface area contributed by atoms with Crippen LogP contribution >= 0.6 is 11.3 Å². The van der Waals surface area contributed by atoms with Crippen LogP contribution in [-0.4, -0.2) is 48.6 Å². The average molecular weight is 468 g/mol. The Morgan fingerprint density at radius 1 is 1.00 bits per heavy atom. The van der Waals surface area contributed by atoms with Crippen LogP contribution in [0.25, 0.3) is 10.2 Å². The van der Waals surface area contributed by atoms with Gasteiger partial charge in [0.25, 0.3) is 5.91 Å². The first-order valence-corrected chi connectivity index (χ1v) is 12.9. The van der Waals surface area contributed by atoms with Crippen molar-refractivity contribution >= 4 is 32.6 Å². The Kier molecular flexibility index (Phi) is 9.27. The Hall–Kier alpha value is -2.44. The molecule has 3 rings (SSSR count). The number of benzene rings is 2. The van der Waals surface area contributed by atoms with E-state index < -0.39 is 0 Å². The molecule has 0 saturated carbocycles. The summed E-state index contributed by atoms with van der Waals surface area (Å²) in [5, 5.41) is 0.760. The molecule has 2 aromatic carbocycles. The van der Waals surface area contributed by atoms with Gasteiger partial charge in [-0.15, -0.1) is 0 Å². The van der Waals surface area contributed by atoms with Gasteiger partial charge in [0, 0.05) is 18.7 Å². The fourth-order valence-electron chi connectivity index (χ4n) is 3.93. The van der Waals surface area contributed by atoms with Crippen molar-refractivity contribution in [3.8, 4) is 5.75 Å². The topological polar surface area (TPSA) is 45.7 Å². The average Bonchev–Trinajstić information content (AvgIpc) is 3.24. The van der Waals surface area contributed by atoms with Gasteiger partial charge in [-0.05, 0) is 74.8 Å². The molecule has 0 saturated heterocycles. The van der Waals surface area contributed by atoms with Gasteiger partial charge in [0.1, 0.15) is 5.75 Å². The maximum atomic E-state index is 13.6. The highest BCUT2D eigenvalue weighted by atomic mass is 32.1. The van der Waals surface area contributed by atoms with Crippen molar-refractivity contribution < 1.29 is 9.53 Å². The highest BCUT2D eigenvalue weighted by Gasteiger charge is 2.22. The molecule has 6 heteroatoms. The molecule has 5 nitrogen and oxygen atoms in total. The normalized spacial score (nSPS) is 11.3. The van der Waals surface area contributed by atoms with Crippen LogP contribution < -0.4 is 9.64 Å². The largest absolute Gasteiger partial charge is 0.494 e. The van der Waals surface area contributed by atoms with E-state index in [1.54, 1.807) is 11.3 Å². The number of ether oxygens (including phenoxy) is 1. The summed E-state index contributed by atoms with van der Waals surface area (Å²) < 4.78 is 6.94. The molecule has 3 aromatic rings. The standard InChI is InChI=1S/C27H37N3O2S/c1-6-9-10-17-32-23-13-11-22(12-14-23)26(31)30(16-15-29(7-2)8-3)27-28-25-21(5)18-20(4)19-24(25)33-27/h11-14,18-19H,6-10,15-17H2,1-5H3. The monoisotopic (exact) mass is 467 g/mol. The van der Waals surface area contributed by atoms with Crippen molar-refractivity contribution in [1.82, 2.24) is 9.88 Å². The fourth-order valence-corrected chi connectivity index (χ4v) is 5.10. The zero-order valence-electron chi connectivity index (χ0n) is 20.7. The Morgan fingerprint density at radius 3 is 2.39 bits per heavy atom. The molecule has 178 valence electrons. The van der Waals surface area contributed by atoms with Gasteiger partial charge in [0.2, 0.25) is 0 Å². The number of amides is 1. The Balaban J connectivity index is 1.84. The third kappa shape index (κ3) is 6.55. The number of carbonyl (C=O) groups excluding carboxylic acids is 1. The Bertz CT molecular complexity index is 1040. The highest BCUT2D eigenvalue weighted by molar-refractivity contribution is 7.22. The minimum Gasteiger partial charge on any atom is -0.494 e. The van der Waals surface area contributed by atoms with Crippen LogP contribution in [0.15, 0.2) is 36.4 Å². The number of nitrogens with zero attached hydrogens (tertiary/aromatic N) is 3. The van der Waals surface area contributed by atoms with Crippen LogP contribution in [0.5, 0.6) is 5.75 Å². The van der Waals surface area contributed by atoms with Crippen molar-refractivity contribution in [2.45, 2.75) is 53.9 Å². The zero-order chi connectivity index (χ0) is 23.8. The van der Waals surface area contributed by atoms with Gasteiger partial charge in [-0.1, -0.05) is 51.0 Å². The van der Waals surface area contributed by atoms with Crippen molar-refractivity contribution in [2.24, 2.45) is 0 Å².